The molecule has 1 saturated heterocycles. The molecule has 0 spiro atoms. The van der Waals surface area contributed by atoms with Crippen LogP contribution in [0.5, 0.6) is 5.75 Å². The Morgan fingerprint density at radius 1 is 1.19 bits per heavy atom. The van der Waals surface area contributed by atoms with Crippen molar-refractivity contribution in [1.82, 2.24) is 9.80 Å². The first-order valence-corrected chi connectivity index (χ1v) is 9.55. The summed E-state index contributed by atoms with van der Waals surface area (Å²) in [6.07, 6.45) is 1.79. The Kier molecular flexibility index (Phi) is 6.05. The van der Waals surface area contributed by atoms with Crippen molar-refractivity contribution >= 4 is 52.5 Å². The van der Waals surface area contributed by atoms with E-state index in [1.165, 1.54) is 0 Å². The molecule has 3 rings (SSSR count). The molecule has 1 heterocycles. The molecule has 1 aliphatic heterocycles. The number of likely N-dealkylation sites (N-methyl/N-ethyl adjacent to an activating group) is 2. The van der Waals surface area contributed by atoms with Crippen LogP contribution < -0.4 is 4.74 Å². The SMILES string of the molecule is CCN1C(=O)/C(=C/c2ccccc2OCc2ccc(Cl)cc2Cl)N(C)C1=S. The topological polar surface area (TPSA) is 32.8 Å². The van der Waals surface area contributed by atoms with E-state index in [1.54, 1.807) is 35.1 Å². The van der Waals surface area contributed by atoms with Gasteiger partial charge in [-0.2, -0.15) is 0 Å². The first-order valence-electron chi connectivity index (χ1n) is 8.39. The van der Waals surface area contributed by atoms with Crippen LogP contribution in [0.4, 0.5) is 0 Å². The molecule has 0 unspecified atom stereocenters. The van der Waals surface area contributed by atoms with Gasteiger partial charge in [0.05, 0.1) is 0 Å². The fourth-order valence-corrected chi connectivity index (χ4v) is 3.54. The molecule has 2 aromatic rings. The van der Waals surface area contributed by atoms with Gasteiger partial charge in [0.25, 0.3) is 5.91 Å². The predicted molar refractivity (Wildman–Crippen MR) is 113 cm³/mol. The largest absolute Gasteiger partial charge is 0.488 e. The van der Waals surface area contributed by atoms with Crippen LogP contribution in [0.3, 0.4) is 0 Å². The normalized spacial score (nSPS) is 15.8. The minimum Gasteiger partial charge on any atom is -0.488 e. The number of nitrogens with zero attached hydrogens (tertiary/aromatic N) is 2. The Bertz CT molecular complexity index is 930. The highest BCUT2D eigenvalue weighted by molar-refractivity contribution is 7.80. The maximum Gasteiger partial charge on any atom is 0.276 e. The van der Waals surface area contributed by atoms with Gasteiger partial charge in [0.15, 0.2) is 5.11 Å². The van der Waals surface area contributed by atoms with E-state index >= 15 is 0 Å². The van der Waals surface area contributed by atoms with Gasteiger partial charge in [-0.05, 0) is 43.4 Å². The summed E-state index contributed by atoms with van der Waals surface area (Å²) in [4.78, 5) is 15.9. The van der Waals surface area contributed by atoms with Crippen molar-refractivity contribution < 1.29 is 9.53 Å². The van der Waals surface area contributed by atoms with Crippen LogP contribution in [0.1, 0.15) is 18.1 Å². The fraction of sp³-hybridized carbons (Fsp3) is 0.200. The van der Waals surface area contributed by atoms with Crippen molar-refractivity contribution in [3.8, 4) is 5.75 Å². The van der Waals surface area contributed by atoms with Crippen LogP contribution in [-0.2, 0) is 11.4 Å². The average molecular weight is 421 g/mol. The highest BCUT2D eigenvalue weighted by Gasteiger charge is 2.34. The molecular weight excluding hydrogens is 403 g/mol. The summed E-state index contributed by atoms with van der Waals surface area (Å²) < 4.78 is 5.96. The molecule has 140 valence electrons. The smallest absolute Gasteiger partial charge is 0.276 e. The number of amides is 1. The van der Waals surface area contributed by atoms with Gasteiger partial charge in [-0.1, -0.05) is 47.5 Å². The maximum absolute atomic E-state index is 12.6. The van der Waals surface area contributed by atoms with Crippen LogP contribution in [0.2, 0.25) is 10.0 Å². The van der Waals surface area contributed by atoms with Gasteiger partial charge in [-0.15, -0.1) is 0 Å². The maximum atomic E-state index is 12.6. The second kappa shape index (κ2) is 8.30. The second-order valence-corrected chi connectivity index (χ2v) is 7.19. The molecule has 1 amide bonds. The predicted octanol–water partition coefficient (Wildman–Crippen LogP) is 4.99. The molecule has 4 nitrogen and oxygen atoms in total. The Morgan fingerprint density at radius 3 is 2.59 bits per heavy atom. The molecule has 0 bridgehead atoms. The molecule has 0 saturated carbocycles. The van der Waals surface area contributed by atoms with E-state index in [0.717, 1.165) is 11.1 Å². The van der Waals surface area contributed by atoms with E-state index in [-0.39, 0.29) is 5.91 Å². The van der Waals surface area contributed by atoms with Crippen molar-refractivity contribution in [3.05, 3.63) is 69.3 Å². The van der Waals surface area contributed by atoms with Gasteiger partial charge >= 0.3 is 0 Å². The zero-order chi connectivity index (χ0) is 19.6. The van der Waals surface area contributed by atoms with E-state index in [0.29, 0.717) is 39.8 Å². The monoisotopic (exact) mass is 420 g/mol. The van der Waals surface area contributed by atoms with E-state index in [2.05, 4.69) is 0 Å². The van der Waals surface area contributed by atoms with Crippen LogP contribution in [0.15, 0.2) is 48.2 Å². The number of halogens is 2. The average Bonchev–Trinajstić information content (AvgIpc) is 2.85. The third kappa shape index (κ3) is 4.10. The van der Waals surface area contributed by atoms with Gasteiger partial charge in [0, 0.05) is 34.8 Å². The summed E-state index contributed by atoms with van der Waals surface area (Å²) >= 11 is 17.5. The summed E-state index contributed by atoms with van der Waals surface area (Å²) in [7, 11) is 1.79. The Labute approximate surface area is 173 Å². The van der Waals surface area contributed by atoms with Crippen LogP contribution in [0, 0.1) is 0 Å². The van der Waals surface area contributed by atoms with Gasteiger partial charge in [0.2, 0.25) is 0 Å². The fourth-order valence-electron chi connectivity index (χ4n) is 2.76. The third-order valence-corrected chi connectivity index (χ3v) is 5.35. The van der Waals surface area contributed by atoms with Crippen LogP contribution in [-0.4, -0.2) is 34.4 Å². The number of ether oxygens (including phenoxy) is 1. The van der Waals surface area contributed by atoms with Crippen LogP contribution in [0.25, 0.3) is 6.08 Å². The lowest BCUT2D eigenvalue weighted by molar-refractivity contribution is -0.122. The van der Waals surface area contributed by atoms with E-state index in [1.807, 2.05) is 37.3 Å². The first kappa shape index (κ1) is 19.7. The van der Waals surface area contributed by atoms with Crippen molar-refractivity contribution in [2.45, 2.75) is 13.5 Å². The zero-order valence-electron chi connectivity index (χ0n) is 14.9. The molecule has 0 aliphatic carbocycles. The third-order valence-electron chi connectivity index (χ3n) is 4.27. The summed E-state index contributed by atoms with van der Waals surface area (Å²) in [5.74, 6) is 0.540. The Hall–Kier alpha value is -2.08. The number of hydrogen-bond donors (Lipinski definition) is 0. The molecule has 0 atom stereocenters. The Morgan fingerprint density at radius 2 is 1.93 bits per heavy atom. The zero-order valence-corrected chi connectivity index (χ0v) is 17.2. The summed E-state index contributed by atoms with van der Waals surface area (Å²) in [6.45, 7) is 2.72. The molecule has 1 aliphatic rings. The molecule has 2 aromatic carbocycles. The van der Waals surface area contributed by atoms with E-state index in [9.17, 15) is 4.79 Å². The number of para-hydroxylation sites is 1. The Balaban J connectivity index is 1.86. The first-order chi connectivity index (χ1) is 12.9. The minimum absolute atomic E-state index is 0.111. The molecule has 0 N–H and O–H groups in total. The molecule has 27 heavy (non-hydrogen) atoms. The summed E-state index contributed by atoms with van der Waals surface area (Å²) in [6, 6.07) is 12.8. The lowest BCUT2D eigenvalue weighted by atomic mass is 10.1. The van der Waals surface area contributed by atoms with Crippen molar-refractivity contribution in [1.29, 1.82) is 0 Å². The number of hydrogen-bond acceptors (Lipinski definition) is 3. The van der Waals surface area contributed by atoms with Crippen molar-refractivity contribution in [2.24, 2.45) is 0 Å². The number of rotatable bonds is 5. The van der Waals surface area contributed by atoms with E-state index in [4.69, 9.17) is 40.2 Å². The van der Waals surface area contributed by atoms with Gasteiger partial charge in [-0.25, -0.2) is 0 Å². The van der Waals surface area contributed by atoms with Crippen LogP contribution >= 0.6 is 35.4 Å². The lowest BCUT2D eigenvalue weighted by Crippen LogP contribution is -2.30. The highest BCUT2D eigenvalue weighted by Crippen LogP contribution is 2.28. The quantitative estimate of drug-likeness (QED) is 0.503. The molecule has 7 heteroatoms. The van der Waals surface area contributed by atoms with Gasteiger partial charge in [0.1, 0.15) is 18.1 Å². The second-order valence-electron chi connectivity index (χ2n) is 5.98. The standard InChI is InChI=1S/C20H18Cl2N2O2S/c1-3-24-19(25)17(23(2)20(24)27)10-13-6-4-5-7-18(13)26-12-14-8-9-15(21)11-16(14)22/h4-11H,3,12H2,1-2H3/b17-10-. The number of benzene rings is 2. The van der Waals surface area contributed by atoms with Gasteiger partial charge < -0.3 is 9.64 Å². The minimum atomic E-state index is -0.111. The number of carbonyl (C=O) groups excluding carboxylic acids is 1. The van der Waals surface area contributed by atoms with Crippen molar-refractivity contribution in [3.63, 3.8) is 0 Å². The van der Waals surface area contributed by atoms with E-state index < -0.39 is 0 Å². The summed E-state index contributed by atoms with van der Waals surface area (Å²) in [5, 5.41) is 1.63. The lowest BCUT2D eigenvalue weighted by Gasteiger charge is -2.14. The number of carbonyl (C=O) groups is 1. The molecule has 0 radical (unpaired) electrons. The van der Waals surface area contributed by atoms with Gasteiger partial charge in [-0.3, -0.25) is 9.69 Å². The molecule has 1 fully saturated rings. The molecule has 0 aromatic heterocycles. The summed E-state index contributed by atoms with van der Waals surface area (Å²) in [5.41, 5.74) is 2.14. The number of thiocarbonyl (C=S) groups is 1. The molecular formula is C20H18Cl2N2O2S. The highest BCUT2D eigenvalue weighted by atomic mass is 35.5. The van der Waals surface area contributed by atoms with Crippen molar-refractivity contribution in [2.75, 3.05) is 13.6 Å².